The highest BCUT2D eigenvalue weighted by atomic mass is 32.1. The maximum Gasteiger partial charge on any atom is 0.196 e. The van der Waals surface area contributed by atoms with Gasteiger partial charge in [-0.1, -0.05) is 25.5 Å². The van der Waals surface area contributed by atoms with E-state index in [-0.39, 0.29) is 11.5 Å². The summed E-state index contributed by atoms with van der Waals surface area (Å²) in [6.07, 6.45) is 6.97. The van der Waals surface area contributed by atoms with Crippen molar-refractivity contribution in [1.82, 2.24) is 0 Å². The van der Waals surface area contributed by atoms with Crippen LogP contribution in [-0.4, -0.2) is 32.0 Å². The Labute approximate surface area is 151 Å². The molecule has 0 aromatic heterocycles. The molecule has 2 unspecified atom stereocenters. The quantitative estimate of drug-likeness (QED) is 0.223. The number of rotatable bonds is 7. The third kappa shape index (κ3) is 5.56. The van der Waals surface area contributed by atoms with Gasteiger partial charge in [-0.05, 0) is 61.7 Å². The van der Waals surface area contributed by atoms with Crippen molar-refractivity contribution in [3.63, 3.8) is 0 Å². The lowest BCUT2D eigenvalue weighted by Gasteiger charge is -2.46. The highest BCUT2D eigenvalue weighted by Crippen LogP contribution is 2.47. The summed E-state index contributed by atoms with van der Waals surface area (Å²) in [5, 5.41) is 11.5. The van der Waals surface area contributed by atoms with Gasteiger partial charge in [0.25, 0.3) is 0 Å². The van der Waals surface area contributed by atoms with Crippen LogP contribution in [0, 0.1) is 28.6 Å². The van der Waals surface area contributed by atoms with Crippen LogP contribution in [0.5, 0.6) is 0 Å². The summed E-state index contributed by atoms with van der Waals surface area (Å²) in [6.45, 7) is 7.27. The normalized spacial score (nSPS) is 31.1. The second-order valence-corrected chi connectivity index (χ2v) is 7.19. The van der Waals surface area contributed by atoms with E-state index >= 15 is 0 Å². The van der Waals surface area contributed by atoms with Crippen molar-refractivity contribution in [2.75, 3.05) is 20.8 Å². The first-order valence-corrected chi connectivity index (χ1v) is 8.70. The van der Waals surface area contributed by atoms with Gasteiger partial charge in [-0.2, -0.15) is 5.26 Å². The van der Waals surface area contributed by atoms with E-state index in [2.05, 4.69) is 30.9 Å². The molecule has 0 spiro atoms. The van der Waals surface area contributed by atoms with Crippen molar-refractivity contribution in [2.24, 2.45) is 22.2 Å². The Bertz CT molecular complexity index is 558. The van der Waals surface area contributed by atoms with E-state index in [1.165, 1.54) is 12.7 Å². The summed E-state index contributed by atoms with van der Waals surface area (Å²) >= 11 is 4.79. The zero-order valence-electron chi connectivity index (χ0n) is 15.3. The van der Waals surface area contributed by atoms with Crippen LogP contribution in [0.25, 0.3) is 0 Å². The molecular weight excluding hydrogens is 320 g/mol. The number of nitrogens with zero attached hydrogens (tertiary/aromatic N) is 2. The molecule has 0 aromatic carbocycles. The molecule has 5 heteroatoms. The van der Waals surface area contributed by atoms with Crippen molar-refractivity contribution >= 4 is 17.4 Å². The van der Waals surface area contributed by atoms with Gasteiger partial charge in [-0.3, -0.25) is 0 Å². The van der Waals surface area contributed by atoms with Crippen LogP contribution in [0.4, 0.5) is 0 Å². The van der Waals surface area contributed by atoms with E-state index in [0.717, 1.165) is 19.3 Å². The molecule has 0 heterocycles. The van der Waals surface area contributed by atoms with Crippen LogP contribution < -0.4 is 0 Å². The molecule has 1 fully saturated rings. The molecular formula is C19H28N2O2S. The molecule has 0 bridgehead atoms. The average Bonchev–Trinajstić information content (AvgIpc) is 2.53. The molecule has 0 radical (unpaired) electrons. The van der Waals surface area contributed by atoms with Gasteiger partial charge in [-0.15, -0.1) is 0 Å². The number of methoxy groups -OCH3 is 2. The number of ether oxygens (including phenoxy) is 2. The number of isothiocyanates is 1. The summed E-state index contributed by atoms with van der Waals surface area (Å²) in [6, 6.07) is 2.02. The number of hydrogen-bond acceptors (Lipinski definition) is 5. The van der Waals surface area contributed by atoms with E-state index in [0.29, 0.717) is 24.1 Å². The molecule has 24 heavy (non-hydrogen) atoms. The fourth-order valence-corrected chi connectivity index (χ4v) is 4.32. The van der Waals surface area contributed by atoms with Crippen molar-refractivity contribution in [1.29, 1.82) is 5.26 Å². The molecule has 0 N–H and O–H groups in total. The van der Waals surface area contributed by atoms with Crippen LogP contribution in [0.15, 0.2) is 28.5 Å². The van der Waals surface area contributed by atoms with Gasteiger partial charge in [0.2, 0.25) is 0 Å². The minimum absolute atomic E-state index is 0.0635. The largest absolute Gasteiger partial charge is 0.487 e. The van der Waals surface area contributed by atoms with Gasteiger partial charge < -0.3 is 9.47 Å². The second kappa shape index (κ2) is 9.74. The summed E-state index contributed by atoms with van der Waals surface area (Å²) in [5.41, 5.74) is 1.27. The predicted molar refractivity (Wildman–Crippen MR) is 99.8 cm³/mol. The third-order valence-corrected chi connectivity index (χ3v) is 5.02. The highest BCUT2D eigenvalue weighted by Gasteiger charge is 2.43. The zero-order chi connectivity index (χ0) is 18.2. The van der Waals surface area contributed by atoms with Crippen LogP contribution in [0.2, 0.25) is 0 Å². The van der Waals surface area contributed by atoms with Gasteiger partial charge in [0.1, 0.15) is 6.07 Å². The number of thiocarbonyl (C=S) groups is 1. The zero-order valence-corrected chi connectivity index (χ0v) is 16.2. The molecule has 4 atom stereocenters. The Kier molecular flexibility index (Phi) is 8.35. The lowest BCUT2D eigenvalue weighted by atomic mass is 9.62. The maximum atomic E-state index is 8.93. The third-order valence-electron chi connectivity index (χ3n) is 4.89. The second-order valence-electron chi connectivity index (χ2n) is 7.01. The fraction of sp³-hybridized carbons (Fsp3) is 0.684. The predicted octanol–water partition coefficient (Wildman–Crippen LogP) is 4.55. The first-order chi connectivity index (χ1) is 11.4. The SMILES string of the molecule is CO/C(C#N)=C\C=C(/C)CC1(CN=C=S)C[C@@H](C)C(OC)[C@@H](C)C1. The summed E-state index contributed by atoms with van der Waals surface area (Å²) < 4.78 is 10.7. The van der Waals surface area contributed by atoms with Gasteiger partial charge in [0.15, 0.2) is 5.76 Å². The molecule has 1 rings (SSSR count). The smallest absolute Gasteiger partial charge is 0.196 e. The summed E-state index contributed by atoms with van der Waals surface area (Å²) in [4.78, 5) is 4.27. The monoisotopic (exact) mass is 348 g/mol. The molecule has 0 aliphatic heterocycles. The Morgan fingerprint density at radius 1 is 1.29 bits per heavy atom. The standard InChI is InChI=1S/C19H28N2O2S/c1-14(6-7-17(11-20)22-4)8-19(12-21-13-24)9-15(2)18(23-5)16(3)10-19/h6-7,15-16,18H,8-10,12H2,1-5H3/b14-6+,17-7-/t15-,16+,18?,19?. The van der Waals surface area contributed by atoms with Gasteiger partial charge in [0, 0.05) is 7.11 Å². The maximum absolute atomic E-state index is 8.93. The molecule has 0 aromatic rings. The van der Waals surface area contributed by atoms with Gasteiger partial charge in [-0.25, -0.2) is 4.99 Å². The number of hydrogen-bond donors (Lipinski definition) is 0. The Hall–Kier alpha value is -1.47. The molecule has 1 saturated carbocycles. The van der Waals surface area contributed by atoms with Crippen LogP contribution in [0.3, 0.4) is 0 Å². The van der Waals surface area contributed by atoms with Gasteiger partial charge in [0.05, 0.1) is 24.9 Å². The average molecular weight is 349 g/mol. The van der Waals surface area contributed by atoms with E-state index < -0.39 is 0 Å². The topological polar surface area (TPSA) is 54.6 Å². The first kappa shape index (κ1) is 20.6. The van der Waals surface area contributed by atoms with Crippen LogP contribution in [0.1, 0.15) is 40.0 Å². The molecule has 1 aliphatic rings. The van der Waals surface area contributed by atoms with Crippen LogP contribution >= 0.6 is 12.2 Å². The van der Waals surface area contributed by atoms with Gasteiger partial charge >= 0.3 is 0 Å². The summed E-state index contributed by atoms with van der Waals surface area (Å²) in [7, 11) is 3.30. The van der Waals surface area contributed by atoms with E-state index in [9.17, 15) is 0 Å². The fourth-order valence-electron chi connectivity index (χ4n) is 4.26. The summed E-state index contributed by atoms with van der Waals surface area (Å²) in [5.74, 6) is 1.25. The Balaban J connectivity index is 3.01. The number of aliphatic imine (C=N–C) groups is 1. The highest BCUT2D eigenvalue weighted by molar-refractivity contribution is 7.78. The molecule has 132 valence electrons. The lowest BCUT2D eigenvalue weighted by Crippen LogP contribution is -2.43. The van der Waals surface area contributed by atoms with Crippen molar-refractivity contribution in [3.8, 4) is 6.07 Å². The lowest BCUT2D eigenvalue weighted by molar-refractivity contribution is -0.0503. The van der Waals surface area contributed by atoms with E-state index in [1.807, 2.05) is 12.1 Å². The molecule has 4 nitrogen and oxygen atoms in total. The van der Waals surface area contributed by atoms with Crippen molar-refractivity contribution < 1.29 is 9.47 Å². The first-order valence-electron chi connectivity index (χ1n) is 8.29. The Morgan fingerprint density at radius 2 is 1.92 bits per heavy atom. The van der Waals surface area contributed by atoms with Crippen LogP contribution in [-0.2, 0) is 9.47 Å². The Morgan fingerprint density at radius 3 is 2.38 bits per heavy atom. The van der Waals surface area contributed by atoms with E-state index in [1.54, 1.807) is 13.2 Å². The minimum atomic E-state index is 0.0635. The molecule has 1 aliphatic carbocycles. The number of allylic oxidation sites excluding steroid dienone is 4. The van der Waals surface area contributed by atoms with Crippen molar-refractivity contribution in [3.05, 3.63) is 23.5 Å². The van der Waals surface area contributed by atoms with Crippen molar-refractivity contribution in [2.45, 2.75) is 46.1 Å². The molecule has 0 saturated heterocycles. The minimum Gasteiger partial charge on any atom is -0.487 e. The number of nitriles is 1. The van der Waals surface area contributed by atoms with E-state index in [4.69, 9.17) is 27.0 Å². The molecule has 0 amide bonds.